The first-order valence-electron chi connectivity index (χ1n) is 10.6. The van der Waals surface area contributed by atoms with E-state index < -0.39 is 10.0 Å². The summed E-state index contributed by atoms with van der Waals surface area (Å²) < 4.78 is 28.3. The lowest BCUT2D eigenvalue weighted by Gasteiger charge is -2.23. The third-order valence-corrected chi connectivity index (χ3v) is 7.40. The fraction of sp³-hybridized carbons (Fsp3) is 0.375. The number of amides is 1. The van der Waals surface area contributed by atoms with Gasteiger partial charge < -0.3 is 4.90 Å². The third kappa shape index (κ3) is 4.35. The van der Waals surface area contributed by atoms with E-state index in [1.165, 1.54) is 18.4 Å². The van der Waals surface area contributed by atoms with Gasteiger partial charge in [-0.3, -0.25) is 4.79 Å². The minimum absolute atomic E-state index is 0.0168. The number of hydrogen-bond acceptors (Lipinski definition) is 3. The Morgan fingerprint density at radius 2 is 1.93 bits per heavy atom. The number of nitrogens with one attached hydrogen (secondary N) is 1. The zero-order valence-corrected chi connectivity index (χ0v) is 18.1. The molecule has 1 atom stereocenters. The van der Waals surface area contributed by atoms with Crippen molar-refractivity contribution in [1.29, 1.82) is 0 Å². The van der Waals surface area contributed by atoms with Crippen molar-refractivity contribution < 1.29 is 13.2 Å². The van der Waals surface area contributed by atoms with Crippen molar-refractivity contribution in [2.75, 3.05) is 11.4 Å². The van der Waals surface area contributed by atoms with Crippen LogP contribution >= 0.6 is 0 Å². The number of fused-ring (bicyclic) bond motifs is 1. The normalized spacial score (nSPS) is 18.8. The average molecular weight is 425 g/mol. The second kappa shape index (κ2) is 8.74. The molecule has 30 heavy (non-hydrogen) atoms. The zero-order chi connectivity index (χ0) is 21.1. The van der Waals surface area contributed by atoms with Crippen molar-refractivity contribution in [2.45, 2.75) is 56.4 Å². The molecule has 1 N–H and O–H groups in total. The molecule has 0 aromatic heterocycles. The summed E-state index contributed by atoms with van der Waals surface area (Å²) in [7, 11) is -3.57. The van der Waals surface area contributed by atoms with Crippen LogP contribution in [0.3, 0.4) is 0 Å². The summed E-state index contributed by atoms with van der Waals surface area (Å²) >= 11 is 0. The number of carbonyl (C=O) groups is 1. The van der Waals surface area contributed by atoms with Crippen LogP contribution in [0.25, 0.3) is 0 Å². The summed E-state index contributed by atoms with van der Waals surface area (Å²) in [6.07, 6.45) is 8.25. The summed E-state index contributed by atoms with van der Waals surface area (Å²) in [6.45, 7) is 2.41. The van der Waals surface area contributed by atoms with Gasteiger partial charge in [0.2, 0.25) is 10.0 Å². The fourth-order valence-corrected chi connectivity index (χ4v) is 5.45. The molecule has 1 aliphatic heterocycles. The van der Waals surface area contributed by atoms with Gasteiger partial charge in [0.1, 0.15) is 0 Å². The lowest BCUT2D eigenvalue weighted by Crippen LogP contribution is -2.35. The fourth-order valence-electron chi connectivity index (χ4n) is 4.36. The average Bonchev–Trinajstić information content (AvgIpc) is 3.09. The number of anilines is 1. The van der Waals surface area contributed by atoms with Gasteiger partial charge in [-0.05, 0) is 81.3 Å². The molecule has 6 heteroatoms. The number of sulfonamides is 1. The summed E-state index contributed by atoms with van der Waals surface area (Å²) in [5.41, 5.74) is 3.67. The van der Waals surface area contributed by atoms with E-state index >= 15 is 0 Å². The molecule has 5 nitrogen and oxygen atoms in total. The van der Waals surface area contributed by atoms with E-state index in [0.717, 1.165) is 30.5 Å². The number of carbonyl (C=O) groups excluding carboxylic acids is 1. The van der Waals surface area contributed by atoms with Crippen LogP contribution in [-0.4, -0.2) is 26.9 Å². The Morgan fingerprint density at radius 3 is 2.67 bits per heavy atom. The third-order valence-electron chi connectivity index (χ3n) is 5.94. The number of benzene rings is 2. The Morgan fingerprint density at radius 1 is 1.13 bits per heavy atom. The van der Waals surface area contributed by atoms with Gasteiger partial charge in [0.25, 0.3) is 5.91 Å². The lowest BCUT2D eigenvalue weighted by atomic mass is 9.97. The largest absolute Gasteiger partial charge is 0.305 e. The monoisotopic (exact) mass is 424 g/mol. The van der Waals surface area contributed by atoms with Crippen molar-refractivity contribution in [1.82, 2.24) is 4.72 Å². The molecule has 158 valence electrons. The van der Waals surface area contributed by atoms with E-state index in [2.05, 4.69) is 10.8 Å². The van der Waals surface area contributed by atoms with Crippen LogP contribution < -0.4 is 9.62 Å². The quantitative estimate of drug-likeness (QED) is 0.697. The number of rotatable bonds is 6. The Labute approximate surface area is 178 Å². The smallest absolute Gasteiger partial charge is 0.258 e. The van der Waals surface area contributed by atoms with Crippen LogP contribution in [0.15, 0.2) is 65.1 Å². The minimum atomic E-state index is -3.57. The zero-order valence-electron chi connectivity index (χ0n) is 17.3. The Bertz CT molecular complexity index is 1060. The van der Waals surface area contributed by atoms with E-state index in [0.29, 0.717) is 18.5 Å². The first kappa shape index (κ1) is 20.8. The topological polar surface area (TPSA) is 66.5 Å². The van der Waals surface area contributed by atoms with Gasteiger partial charge in [-0.15, -0.1) is 0 Å². The van der Waals surface area contributed by atoms with Gasteiger partial charge >= 0.3 is 0 Å². The van der Waals surface area contributed by atoms with Crippen LogP contribution in [0, 0.1) is 0 Å². The molecule has 1 aliphatic carbocycles. The van der Waals surface area contributed by atoms with Gasteiger partial charge in [0.05, 0.1) is 4.90 Å². The Balaban J connectivity index is 1.49. The van der Waals surface area contributed by atoms with Crippen molar-refractivity contribution in [3.63, 3.8) is 0 Å². The molecule has 0 unspecified atom stereocenters. The molecule has 1 amide bonds. The molecule has 0 saturated heterocycles. The predicted molar refractivity (Wildman–Crippen MR) is 119 cm³/mol. The van der Waals surface area contributed by atoms with Gasteiger partial charge in [-0.2, -0.15) is 0 Å². The van der Waals surface area contributed by atoms with Gasteiger partial charge in [-0.1, -0.05) is 29.8 Å². The molecule has 0 saturated carbocycles. The van der Waals surface area contributed by atoms with Crippen molar-refractivity contribution >= 4 is 21.6 Å². The summed E-state index contributed by atoms with van der Waals surface area (Å²) in [5, 5.41) is 0. The molecule has 2 aromatic rings. The molecule has 0 bridgehead atoms. The van der Waals surface area contributed by atoms with Gasteiger partial charge in [0.15, 0.2) is 0 Å². The molecule has 1 heterocycles. The van der Waals surface area contributed by atoms with Crippen LogP contribution in [0.4, 0.5) is 5.69 Å². The number of nitrogens with zero attached hydrogens (tertiary/aromatic N) is 1. The summed E-state index contributed by atoms with van der Waals surface area (Å²) in [6, 6.07) is 14.2. The predicted octanol–water partition coefficient (Wildman–Crippen LogP) is 4.45. The molecule has 2 aromatic carbocycles. The molecular formula is C24H28N2O3S. The Kier molecular flexibility index (Phi) is 6.06. The first-order chi connectivity index (χ1) is 14.5. The van der Waals surface area contributed by atoms with Gasteiger partial charge in [-0.25, -0.2) is 13.1 Å². The Hall–Kier alpha value is -2.44. The summed E-state index contributed by atoms with van der Waals surface area (Å²) in [5.74, 6) is -0.0589. The van der Waals surface area contributed by atoms with Crippen molar-refractivity contribution in [3.05, 3.63) is 71.3 Å². The molecule has 0 spiro atoms. The minimum Gasteiger partial charge on any atom is -0.305 e. The summed E-state index contributed by atoms with van der Waals surface area (Å²) in [4.78, 5) is 15.0. The highest BCUT2D eigenvalue weighted by atomic mass is 32.2. The maximum atomic E-state index is 13.0. The van der Waals surface area contributed by atoms with Gasteiger partial charge in [0, 0.05) is 23.8 Å². The lowest BCUT2D eigenvalue weighted by molar-refractivity contribution is 0.0981. The van der Waals surface area contributed by atoms with E-state index in [9.17, 15) is 13.2 Å². The van der Waals surface area contributed by atoms with E-state index in [1.807, 2.05) is 25.1 Å². The second-order valence-electron chi connectivity index (χ2n) is 8.14. The maximum Gasteiger partial charge on any atom is 0.258 e. The maximum absolute atomic E-state index is 13.0. The highest BCUT2D eigenvalue weighted by molar-refractivity contribution is 7.89. The van der Waals surface area contributed by atoms with Crippen molar-refractivity contribution in [2.24, 2.45) is 0 Å². The van der Waals surface area contributed by atoms with Crippen LogP contribution in [-0.2, 0) is 16.4 Å². The SMILES string of the molecule is C[C@@H]1Cc2cc(S(=O)(=O)NCCC3=CCCCC3)ccc2N1C(=O)c1ccccc1. The van der Waals surface area contributed by atoms with E-state index in [4.69, 9.17) is 0 Å². The highest BCUT2D eigenvalue weighted by Gasteiger charge is 2.32. The second-order valence-corrected chi connectivity index (χ2v) is 9.91. The van der Waals surface area contributed by atoms with E-state index in [-0.39, 0.29) is 16.8 Å². The molecule has 0 fully saturated rings. The van der Waals surface area contributed by atoms with Crippen molar-refractivity contribution in [3.8, 4) is 0 Å². The first-order valence-corrected chi connectivity index (χ1v) is 12.1. The molecule has 4 rings (SSSR count). The van der Waals surface area contributed by atoms with Crippen LogP contribution in [0.2, 0.25) is 0 Å². The number of allylic oxidation sites excluding steroid dienone is 1. The molecule has 0 radical (unpaired) electrons. The van der Waals surface area contributed by atoms with Crippen LogP contribution in [0.1, 0.15) is 54.9 Å². The molecular weight excluding hydrogens is 396 g/mol. The molecule has 2 aliphatic rings. The highest BCUT2D eigenvalue weighted by Crippen LogP contribution is 2.35. The van der Waals surface area contributed by atoms with E-state index in [1.54, 1.807) is 35.2 Å². The van der Waals surface area contributed by atoms with Crippen LogP contribution in [0.5, 0.6) is 0 Å². The number of hydrogen-bond donors (Lipinski definition) is 1. The standard InChI is InChI=1S/C24H28N2O3S/c1-18-16-21-17-22(30(28,29)25-15-14-19-8-4-2-5-9-19)12-13-23(21)26(18)24(27)20-10-6-3-7-11-20/h3,6-8,10-13,17-18,25H,2,4-5,9,14-16H2,1H3/t18-/m1/s1.